The number of anilines is 1. The lowest BCUT2D eigenvalue weighted by Crippen LogP contribution is -2.14. The summed E-state index contributed by atoms with van der Waals surface area (Å²) in [5.41, 5.74) is 2.77. The minimum absolute atomic E-state index is 0.153. The van der Waals surface area contributed by atoms with Gasteiger partial charge in [0.2, 0.25) is 11.8 Å². The molecule has 0 saturated heterocycles. The highest BCUT2D eigenvalue weighted by Crippen LogP contribution is 2.24. The Bertz CT molecular complexity index is 960. The molecule has 8 heteroatoms. The van der Waals surface area contributed by atoms with Gasteiger partial charge in [0.05, 0.1) is 12.9 Å². The zero-order chi connectivity index (χ0) is 20.6. The Hall–Kier alpha value is -2.51. The van der Waals surface area contributed by atoms with Gasteiger partial charge in [0.1, 0.15) is 5.75 Å². The van der Waals surface area contributed by atoms with Gasteiger partial charge in [-0.3, -0.25) is 4.79 Å². The second-order valence-corrected chi connectivity index (χ2v) is 7.75. The highest BCUT2D eigenvalue weighted by molar-refractivity contribution is 7.99. The molecule has 1 heterocycles. The van der Waals surface area contributed by atoms with E-state index in [-0.39, 0.29) is 11.7 Å². The number of carbonyl (C=O) groups is 1. The summed E-state index contributed by atoms with van der Waals surface area (Å²) in [5, 5.41) is 11.9. The Labute approximate surface area is 179 Å². The van der Waals surface area contributed by atoms with Crippen molar-refractivity contribution in [1.82, 2.24) is 10.2 Å². The van der Waals surface area contributed by atoms with E-state index < -0.39 is 0 Å². The lowest BCUT2D eigenvalue weighted by Gasteiger charge is -2.08. The molecule has 152 valence electrons. The number of benzene rings is 2. The molecule has 0 aliphatic heterocycles. The van der Waals surface area contributed by atoms with Crippen LogP contribution in [0.2, 0.25) is 5.02 Å². The average molecular weight is 432 g/mol. The minimum atomic E-state index is -0.153. The molecule has 0 bridgehead atoms. The Morgan fingerprint density at radius 2 is 1.97 bits per heavy atom. The predicted octanol–water partition coefficient (Wildman–Crippen LogP) is 4.95. The molecule has 2 aromatic carbocycles. The van der Waals surface area contributed by atoms with Crippen LogP contribution in [0.15, 0.2) is 52.1 Å². The molecular weight excluding hydrogens is 410 g/mol. The molecule has 0 saturated carbocycles. The molecule has 6 nitrogen and oxygen atoms in total. The van der Waals surface area contributed by atoms with Gasteiger partial charge in [-0.2, -0.15) is 0 Å². The van der Waals surface area contributed by atoms with Crippen LogP contribution in [0, 0.1) is 6.92 Å². The van der Waals surface area contributed by atoms with Crippen molar-refractivity contribution in [2.24, 2.45) is 0 Å². The molecule has 0 unspecified atom stereocenters. The first-order valence-corrected chi connectivity index (χ1v) is 10.5. The SMILES string of the molecule is COc1ccc(CCCc2nnc(SCC(=O)Nc3cccc(Cl)c3C)o2)cc1. The maximum Gasteiger partial charge on any atom is 0.277 e. The number of nitrogens with one attached hydrogen (secondary N) is 1. The number of hydrogen-bond donors (Lipinski definition) is 1. The van der Waals surface area contributed by atoms with Crippen molar-refractivity contribution in [2.75, 3.05) is 18.2 Å². The Morgan fingerprint density at radius 1 is 1.17 bits per heavy atom. The molecule has 0 aliphatic carbocycles. The van der Waals surface area contributed by atoms with E-state index in [4.69, 9.17) is 20.8 Å². The van der Waals surface area contributed by atoms with Gasteiger partial charge in [-0.25, -0.2) is 0 Å². The van der Waals surface area contributed by atoms with Crippen LogP contribution in [0.3, 0.4) is 0 Å². The third-order valence-corrected chi connectivity index (χ3v) is 5.56. The Balaban J connectivity index is 1.42. The zero-order valence-corrected chi connectivity index (χ0v) is 17.8. The van der Waals surface area contributed by atoms with E-state index in [2.05, 4.69) is 15.5 Å². The Morgan fingerprint density at radius 3 is 2.72 bits per heavy atom. The third-order valence-electron chi connectivity index (χ3n) is 4.33. The van der Waals surface area contributed by atoms with Crippen LogP contribution in [0.1, 0.15) is 23.4 Å². The van der Waals surface area contributed by atoms with E-state index >= 15 is 0 Å². The van der Waals surface area contributed by atoms with Crippen LogP contribution in [0.4, 0.5) is 5.69 Å². The summed E-state index contributed by atoms with van der Waals surface area (Å²) in [4.78, 5) is 12.2. The first-order chi connectivity index (χ1) is 14.0. The average Bonchev–Trinajstić information content (AvgIpc) is 3.18. The molecular formula is C21H22ClN3O3S. The van der Waals surface area contributed by atoms with Crippen molar-refractivity contribution in [3.8, 4) is 5.75 Å². The van der Waals surface area contributed by atoms with Gasteiger partial charge in [-0.15, -0.1) is 10.2 Å². The largest absolute Gasteiger partial charge is 0.497 e. The van der Waals surface area contributed by atoms with Crippen LogP contribution < -0.4 is 10.1 Å². The summed E-state index contributed by atoms with van der Waals surface area (Å²) in [6.45, 7) is 1.86. The smallest absolute Gasteiger partial charge is 0.277 e. The molecule has 3 rings (SSSR count). The van der Waals surface area contributed by atoms with Gasteiger partial charge in [0, 0.05) is 17.1 Å². The first-order valence-electron chi connectivity index (χ1n) is 9.18. The number of nitrogens with zero attached hydrogens (tertiary/aromatic N) is 2. The van der Waals surface area contributed by atoms with E-state index in [1.807, 2.05) is 37.3 Å². The number of rotatable bonds is 9. The van der Waals surface area contributed by atoms with Gasteiger partial charge in [0.15, 0.2) is 0 Å². The van der Waals surface area contributed by atoms with Crippen molar-refractivity contribution >= 4 is 35.0 Å². The maximum atomic E-state index is 12.2. The molecule has 0 atom stereocenters. The number of carbonyl (C=O) groups excluding carboxylic acids is 1. The second kappa shape index (κ2) is 10.3. The second-order valence-electron chi connectivity index (χ2n) is 6.41. The molecule has 3 aromatic rings. The quantitative estimate of drug-likeness (QED) is 0.483. The topological polar surface area (TPSA) is 77.2 Å². The molecule has 0 aliphatic rings. The monoisotopic (exact) mass is 431 g/mol. The number of halogens is 1. The lowest BCUT2D eigenvalue weighted by molar-refractivity contribution is -0.113. The number of ether oxygens (including phenoxy) is 1. The highest BCUT2D eigenvalue weighted by Gasteiger charge is 2.11. The molecule has 29 heavy (non-hydrogen) atoms. The van der Waals surface area contributed by atoms with Crippen LogP contribution in [-0.2, 0) is 17.6 Å². The zero-order valence-electron chi connectivity index (χ0n) is 16.3. The number of hydrogen-bond acceptors (Lipinski definition) is 6. The Kier molecular flexibility index (Phi) is 7.55. The van der Waals surface area contributed by atoms with Crippen LogP contribution in [0.25, 0.3) is 0 Å². The van der Waals surface area contributed by atoms with Gasteiger partial charge >= 0.3 is 0 Å². The summed E-state index contributed by atoms with van der Waals surface area (Å²) in [7, 11) is 1.65. The summed E-state index contributed by atoms with van der Waals surface area (Å²) in [5.74, 6) is 1.45. The van der Waals surface area contributed by atoms with E-state index in [1.54, 1.807) is 19.2 Å². The summed E-state index contributed by atoms with van der Waals surface area (Å²) in [6, 6.07) is 13.4. The third kappa shape index (κ3) is 6.24. The van der Waals surface area contributed by atoms with Crippen molar-refractivity contribution < 1.29 is 13.9 Å². The highest BCUT2D eigenvalue weighted by atomic mass is 35.5. The van der Waals surface area contributed by atoms with E-state index in [9.17, 15) is 4.79 Å². The van der Waals surface area contributed by atoms with E-state index in [0.29, 0.717) is 28.2 Å². The van der Waals surface area contributed by atoms with Crippen LogP contribution >= 0.6 is 23.4 Å². The van der Waals surface area contributed by atoms with Gasteiger partial charge < -0.3 is 14.5 Å². The number of thioether (sulfide) groups is 1. The van der Waals surface area contributed by atoms with Crippen LogP contribution in [-0.4, -0.2) is 29.0 Å². The standard InChI is InChI=1S/C21H22ClN3O3S/c1-14-17(22)6-4-7-18(14)23-19(26)13-29-21-25-24-20(28-21)8-3-5-15-9-11-16(27-2)12-10-15/h4,6-7,9-12H,3,5,8,13H2,1-2H3,(H,23,26). The number of aryl methyl sites for hydroxylation is 2. The molecule has 1 aromatic heterocycles. The molecule has 1 amide bonds. The molecule has 0 radical (unpaired) electrons. The molecule has 0 fully saturated rings. The fraction of sp³-hybridized carbons (Fsp3) is 0.286. The number of aromatic nitrogens is 2. The van der Waals surface area contributed by atoms with E-state index in [1.165, 1.54) is 17.3 Å². The van der Waals surface area contributed by atoms with Gasteiger partial charge in [-0.05, 0) is 55.2 Å². The van der Waals surface area contributed by atoms with E-state index in [0.717, 1.165) is 24.2 Å². The number of amides is 1. The summed E-state index contributed by atoms with van der Waals surface area (Å²) < 4.78 is 10.8. The van der Waals surface area contributed by atoms with Gasteiger partial charge in [0.25, 0.3) is 5.22 Å². The van der Waals surface area contributed by atoms with Crippen molar-refractivity contribution in [1.29, 1.82) is 0 Å². The predicted molar refractivity (Wildman–Crippen MR) is 115 cm³/mol. The first kappa shape index (κ1) is 21.2. The number of methoxy groups -OCH3 is 1. The maximum absolute atomic E-state index is 12.2. The van der Waals surface area contributed by atoms with Crippen molar-refractivity contribution in [2.45, 2.75) is 31.4 Å². The van der Waals surface area contributed by atoms with Crippen LogP contribution in [0.5, 0.6) is 5.75 Å². The molecule has 1 N–H and O–H groups in total. The fourth-order valence-electron chi connectivity index (χ4n) is 2.69. The summed E-state index contributed by atoms with van der Waals surface area (Å²) >= 11 is 7.29. The van der Waals surface area contributed by atoms with Crippen molar-refractivity contribution in [3.05, 3.63) is 64.5 Å². The summed E-state index contributed by atoms with van der Waals surface area (Å²) in [6.07, 6.45) is 2.50. The lowest BCUT2D eigenvalue weighted by atomic mass is 10.1. The normalized spacial score (nSPS) is 10.7. The minimum Gasteiger partial charge on any atom is -0.497 e. The van der Waals surface area contributed by atoms with Crippen molar-refractivity contribution in [3.63, 3.8) is 0 Å². The fourth-order valence-corrected chi connectivity index (χ4v) is 3.44. The molecule has 0 spiro atoms. The van der Waals surface area contributed by atoms with Gasteiger partial charge in [-0.1, -0.05) is 41.6 Å².